The van der Waals surface area contributed by atoms with Crippen molar-refractivity contribution in [3.05, 3.63) is 60.0 Å². The number of ether oxygens (including phenoxy) is 2. The zero-order chi connectivity index (χ0) is 18.5. The number of hydrogen-bond acceptors (Lipinski definition) is 4. The number of amides is 1. The molecular formula is C18H17F2N3O3. The van der Waals surface area contributed by atoms with Crippen LogP contribution in [0.1, 0.15) is 16.1 Å². The summed E-state index contributed by atoms with van der Waals surface area (Å²) in [5.41, 5.74) is 1.99. The van der Waals surface area contributed by atoms with Crippen LogP contribution in [-0.2, 0) is 6.42 Å². The number of alkyl halides is 2. The van der Waals surface area contributed by atoms with Crippen molar-refractivity contribution in [2.45, 2.75) is 13.0 Å². The molecule has 3 rings (SSSR count). The summed E-state index contributed by atoms with van der Waals surface area (Å²) in [7, 11) is 1.32. The van der Waals surface area contributed by atoms with E-state index in [2.05, 4.69) is 15.0 Å². The average Bonchev–Trinajstić information content (AvgIpc) is 3.04. The Kier molecular flexibility index (Phi) is 5.31. The second-order valence-corrected chi connectivity index (χ2v) is 5.45. The number of fused-ring (bicyclic) bond motifs is 1. The van der Waals surface area contributed by atoms with Gasteiger partial charge in [-0.25, -0.2) is 4.98 Å². The molecule has 2 aromatic heterocycles. The van der Waals surface area contributed by atoms with Gasteiger partial charge in [0, 0.05) is 30.9 Å². The first-order chi connectivity index (χ1) is 12.6. The van der Waals surface area contributed by atoms with E-state index >= 15 is 0 Å². The van der Waals surface area contributed by atoms with Crippen LogP contribution < -0.4 is 14.8 Å². The molecule has 1 amide bonds. The van der Waals surface area contributed by atoms with Crippen molar-refractivity contribution < 1.29 is 23.0 Å². The van der Waals surface area contributed by atoms with Crippen LogP contribution in [0.15, 0.2) is 48.8 Å². The lowest BCUT2D eigenvalue weighted by Gasteiger charge is -2.11. The minimum atomic E-state index is -2.96. The van der Waals surface area contributed by atoms with Gasteiger partial charge in [-0.15, -0.1) is 0 Å². The number of rotatable bonds is 7. The van der Waals surface area contributed by atoms with Gasteiger partial charge in [0.25, 0.3) is 5.91 Å². The Balaban J connectivity index is 1.60. The molecule has 0 aliphatic carbocycles. The lowest BCUT2D eigenvalue weighted by molar-refractivity contribution is -0.0512. The largest absolute Gasteiger partial charge is 0.493 e. The van der Waals surface area contributed by atoms with Crippen molar-refractivity contribution in [2.24, 2.45) is 0 Å². The average molecular weight is 361 g/mol. The van der Waals surface area contributed by atoms with E-state index in [0.717, 1.165) is 11.3 Å². The fourth-order valence-corrected chi connectivity index (χ4v) is 2.52. The van der Waals surface area contributed by atoms with Crippen LogP contribution >= 0.6 is 0 Å². The molecule has 0 spiro atoms. The number of imidazole rings is 1. The summed E-state index contributed by atoms with van der Waals surface area (Å²) in [5, 5.41) is 2.77. The highest BCUT2D eigenvalue weighted by atomic mass is 19.3. The van der Waals surface area contributed by atoms with Crippen LogP contribution in [0.2, 0.25) is 0 Å². The highest BCUT2D eigenvalue weighted by molar-refractivity contribution is 5.94. The molecule has 0 aliphatic heterocycles. The molecule has 1 N–H and O–H groups in total. The van der Waals surface area contributed by atoms with Crippen LogP contribution in [0.5, 0.6) is 11.5 Å². The summed E-state index contributed by atoms with van der Waals surface area (Å²) >= 11 is 0. The minimum Gasteiger partial charge on any atom is -0.493 e. The number of nitrogens with one attached hydrogen (secondary N) is 1. The second-order valence-electron chi connectivity index (χ2n) is 5.45. The first kappa shape index (κ1) is 17.7. The molecule has 6 nitrogen and oxygen atoms in total. The fourth-order valence-electron chi connectivity index (χ4n) is 2.52. The first-order valence-corrected chi connectivity index (χ1v) is 7.90. The maximum atomic E-state index is 12.3. The fraction of sp³-hybridized carbons (Fsp3) is 0.222. The molecule has 0 fully saturated rings. The summed E-state index contributed by atoms with van der Waals surface area (Å²) in [4.78, 5) is 16.7. The Morgan fingerprint density at radius 3 is 2.85 bits per heavy atom. The van der Waals surface area contributed by atoms with Crippen LogP contribution in [0.25, 0.3) is 5.65 Å². The van der Waals surface area contributed by atoms with Crippen LogP contribution in [0, 0.1) is 0 Å². The van der Waals surface area contributed by atoms with Crippen LogP contribution in [0.4, 0.5) is 8.78 Å². The Hall–Kier alpha value is -3.16. The van der Waals surface area contributed by atoms with Gasteiger partial charge >= 0.3 is 6.61 Å². The molecule has 8 heteroatoms. The van der Waals surface area contributed by atoms with Crippen LogP contribution in [0.3, 0.4) is 0 Å². The van der Waals surface area contributed by atoms with Gasteiger partial charge in [-0.2, -0.15) is 8.78 Å². The molecule has 1 aromatic carbocycles. The van der Waals surface area contributed by atoms with Gasteiger partial charge in [0.15, 0.2) is 11.5 Å². The molecule has 136 valence electrons. The molecule has 3 aromatic rings. The summed E-state index contributed by atoms with van der Waals surface area (Å²) in [6, 6.07) is 9.76. The van der Waals surface area contributed by atoms with Crippen molar-refractivity contribution in [1.29, 1.82) is 0 Å². The van der Waals surface area contributed by atoms with E-state index in [0.29, 0.717) is 18.5 Å². The van der Waals surface area contributed by atoms with Gasteiger partial charge in [-0.3, -0.25) is 4.79 Å². The quantitative estimate of drug-likeness (QED) is 0.703. The van der Waals surface area contributed by atoms with Crippen molar-refractivity contribution >= 4 is 11.6 Å². The Morgan fingerprint density at radius 1 is 1.27 bits per heavy atom. The molecule has 0 unspecified atom stereocenters. The zero-order valence-corrected chi connectivity index (χ0v) is 14.0. The highest BCUT2D eigenvalue weighted by Crippen LogP contribution is 2.29. The third-order valence-corrected chi connectivity index (χ3v) is 3.72. The maximum absolute atomic E-state index is 12.3. The van der Waals surface area contributed by atoms with Gasteiger partial charge in [0.2, 0.25) is 0 Å². The van der Waals surface area contributed by atoms with E-state index in [4.69, 9.17) is 4.74 Å². The van der Waals surface area contributed by atoms with E-state index in [1.807, 2.05) is 35.0 Å². The van der Waals surface area contributed by atoms with Gasteiger partial charge < -0.3 is 19.2 Å². The Morgan fingerprint density at radius 2 is 2.12 bits per heavy atom. The topological polar surface area (TPSA) is 64.9 Å². The van der Waals surface area contributed by atoms with E-state index in [-0.39, 0.29) is 17.4 Å². The smallest absolute Gasteiger partial charge is 0.387 e. The number of carbonyl (C=O) groups excluding carboxylic acids is 1. The second kappa shape index (κ2) is 7.81. The maximum Gasteiger partial charge on any atom is 0.387 e. The predicted octanol–water partition coefficient (Wildman–Crippen LogP) is 2.92. The first-order valence-electron chi connectivity index (χ1n) is 7.90. The molecule has 0 saturated carbocycles. The van der Waals surface area contributed by atoms with Gasteiger partial charge in [0.1, 0.15) is 5.65 Å². The van der Waals surface area contributed by atoms with Crippen molar-refractivity contribution in [1.82, 2.24) is 14.7 Å². The van der Waals surface area contributed by atoms with Gasteiger partial charge in [-0.1, -0.05) is 6.07 Å². The van der Waals surface area contributed by atoms with Crippen molar-refractivity contribution in [3.63, 3.8) is 0 Å². The third kappa shape index (κ3) is 4.08. The van der Waals surface area contributed by atoms with E-state index in [1.54, 1.807) is 0 Å². The zero-order valence-electron chi connectivity index (χ0n) is 14.0. The molecule has 0 atom stereocenters. The SMILES string of the molecule is COc1cc(C(=O)NCCc2cn3ccccc3n2)ccc1OC(F)F. The molecular weight excluding hydrogens is 344 g/mol. The van der Waals surface area contributed by atoms with E-state index < -0.39 is 6.61 Å². The summed E-state index contributed by atoms with van der Waals surface area (Å²) in [6.07, 6.45) is 4.37. The van der Waals surface area contributed by atoms with E-state index in [1.165, 1.54) is 25.3 Å². The number of halogens is 2. The van der Waals surface area contributed by atoms with Crippen molar-refractivity contribution in [2.75, 3.05) is 13.7 Å². The number of benzene rings is 1. The number of nitrogens with zero attached hydrogens (tertiary/aromatic N) is 2. The highest BCUT2D eigenvalue weighted by Gasteiger charge is 2.14. The lowest BCUT2D eigenvalue weighted by atomic mass is 10.2. The molecule has 0 radical (unpaired) electrons. The van der Waals surface area contributed by atoms with E-state index in [9.17, 15) is 13.6 Å². The molecule has 2 heterocycles. The standard InChI is InChI=1S/C18H17F2N3O3/c1-25-15-10-12(5-6-14(15)26-18(19)20)17(24)21-8-7-13-11-23-9-3-2-4-16(23)22-13/h2-6,9-11,18H,7-8H2,1H3,(H,21,24). The lowest BCUT2D eigenvalue weighted by Crippen LogP contribution is -2.25. The molecule has 0 aliphatic rings. The summed E-state index contributed by atoms with van der Waals surface area (Å²) < 4.78 is 35.9. The normalized spacial score (nSPS) is 10.9. The summed E-state index contributed by atoms with van der Waals surface area (Å²) in [5.74, 6) is -0.391. The Labute approximate surface area is 148 Å². The minimum absolute atomic E-state index is 0.0679. The number of aromatic nitrogens is 2. The van der Waals surface area contributed by atoms with Gasteiger partial charge in [-0.05, 0) is 30.3 Å². The number of pyridine rings is 1. The van der Waals surface area contributed by atoms with Crippen molar-refractivity contribution in [3.8, 4) is 11.5 Å². The molecule has 0 bridgehead atoms. The van der Waals surface area contributed by atoms with Gasteiger partial charge in [0.05, 0.1) is 12.8 Å². The third-order valence-electron chi connectivity index (χ3n) is 3.72. The Bertz CT molecular complexity index is 879. The number of methoxy groups -OCH3 is 1. The number of hydrogen-bond donors (Lipinski definition) is 1. The predicted molar refractivity (Wildman–Crippen MR) is 90.9 cm³/mol. The molecule has 0 saturated heterocycles. The molecule has 26 heavy (non-hydrogen) atoms. The summed E-state index contributed by atoms with van der Waals surface area (Å²) in [6.45, 7) is -2.57. The monoisotopic (exact) mass is 361 g/mol. The van der Waals surface area contributed by atoms with Crippen LogP contribution in [-0.4, -0.2) is 35.6 Å². The number of carbonyl (C=O) groups is 1.